The molecule has 2 rings (SSSR count). The second kappa shape index (κ2) is 5.93. The van der Waals surface area contributed by atoms with Gasteiger partial charge in [0.05, 0.1) is 6.54 Å². The lowest BCUT2D eigenvalue weighted by atomic mass is 9.97. The van der Waals surface area contributed by atoms with Gasteiger partial charge in [-0.05, 0) is 33.2 Å². The molecule has 0 spiro atoms. The van der Waals surface area contributed by atoms with E-state index in [1.165, 1.54) is 0 Å². The van der Waals surface area contributed by atoms with E-state index in [4.69, 9.17) is 0 Å². The van der Waals surface area contributed by atoms with Crippen molar-refractivity contribution in [2.24, 2.45) is 7.05 Å². The lowest BCUT2D eigenvalue weighted by Crippen LogP contribution is -2.52. The van der Waals surface area contributed by atoms with Crippen LogP contribution in [0.5, 0.6) is 0 Å². The SMILES string of the molecule is CN(CCC(C)(NC1CC1)C(=O)O)Cc1nccn1C. The Balaban J connectivity index is 1.85. The predicted molar refractivity (Wildman–Crippen MR) is 76.4 cm³/mol. The normalized spacial score (nSPS) is 18.2. The van der Waals surface area contributed by atoms with Crippen molar-refractivity contribution in [2.45, 2.75) is 44.3 Å². The Morgan fingerprint density at radius 1 is 1.65 bits per heavy atom. The third kappa shape index (κ3) is 3.80. The van der Waals surface area contributed by atoms with E-state index in [2.05, 4.69) is 15.2 Å². The summed E-state index contributed by atoms with van der Waals surface area (Å²) in [7, 11) is 3.96. The molecule has 0 radical (unpaired) electrons. The number of aryl methyl sites for hydroxylation is 1. The molecule has 2 N–H and O–H groups in total. The second-order valence-corrected chi connectivity index (χ2v) is 6.00. The molecule has 0 amide bonds. The number of aromatic nitrogens is 2. The highest BCUT2D eigenvalue weighted by atomic mass is 16.4. The van der Waals surface area contributed by atoms with Gasteiger partial charge in [0.1, 0.15) is 11.4 Å². The van der Waals surface area contributed by atoms with Crippen molar-refractivity contribution >= 4 is 5.97 Å². The smallest absolute Gasteiger partial charge is 0.323 e. The molecule has 0 aromatic carbocycles. The minimum atomic E-state index is -0.836. The number of imidazole rings is 1. The van der Waals surface area contributed by atoms with Crippen molar-refractivity contribution in [2.75, 3.05) is 13.6 Å². The molecule has 1 atom stereocenters. The van der Waals surface area contributed by atoms with E-state index < -0.39 is 11.5 Å². The van der Waals surface area contributed by atoms with Gasteiger partial charge in [0.25, 0.3) is 0 Å². The number of carbonyl (C=O) groups is 1. The quantitative estimate of drug-likeness (QED) is 0.738. The summed E-state index contributed by atoms with van der Waals surface area (Å²) in [5, 5.41) is 12.7. The molecule has 1 aromatic rings. The summed E-state index contributed by atoms with van der Waals surface area (Å²) in [6.45, 7) is 3.22. The number of carboxylic acids is 1. The highest BCUT2D eigenvalue weighted by Gasteiger charge is 2.38. The number of hydrogen-bond donors (Lipinski definition) is 2. The summed E-state index contributed by atoms with van der Waals surface area (Å²) in [6.07, 6.45) is 6.45. The maximum absolute atomic E-state index is 11.5. The van der Waals surface area contributed by atoms with E-state index in [9.17, 15) is 9.90 Å². The molecule has 0 saturated heterocycles. The maximum atomic E-state index is 11.5. The van der Waals surface area contributed by atoms with Crippen LogP contribution >= 0.6 is 0 Å². The van der Waals surface area contributed by atoms with Crippen LogP contribution < -0.4 is 5.32 Å². The Morgan fingerprint density at radius 2 is 2.35 bits per heavy atom. The average molecular weight is 280 g/mol. The van der Waals surface area contributed by atoms with Crippen molar-refractivity contribution < 1.29 is 9.90 Å². The third-order valence-electron chi connectivity index (χ3n) is 3.90. The molecule has 20 heavy (non-hydrogen) atoms. The minimum absolute atomic E-state index is 0.385. The van der Waals surface area contributed by atoms with Crippen molar-refractivity contribution in [3.05, 3.63) is 18.2 Å². The summed E-state index contributed by atoms with van der Waals surface area (Å²) in [5.41, 5.74) is -0.836. The van der Waals surface area contributed by atoms with Crippen LogP contribution in [-0.4, -0.2) is 50.7 Å². The molecule has 1 unspecified atom stereocenters. The molecule has 1 fully saturated rings. The average Bonchev–Trinajstić information content (AvgIpc) is 3.10. The van der Waals surface area contributed by atoms with Gasteiger partial charge in [-0.15, -0.1) is 0 Å². The van der Waals surface area contributed by atoms with Crippen molar-refractivity contribution in [1.82, 2.24) is 19.8 Å². The fourth-order valence-corrected chi connectivity index (χ4v) is 2.20. The zero-order valence-electron chi connectivity index (χ0n) is 12.5. The van der Waals surface area contributed by atoms with Gasteiger partial charge in [-0.2, -0.15) is 0 Å². The van der Waals surface area contributed by atoms with E-state index in [1.807, 2.05) is 24.9 Å². The number of rotatable bonds is 8. The zero-order valence-corrected chi connectivity index (χ0v) is 12.5. The van der Waals surface area contributed by atoms with Gasteiger partial charge in [0.15, 0.2) is 0 Å². The second-order valence-electron chi connectivity index (χ2n) is 6.00. The standard InChI is InChI=1S/C14H24N4O2/c1-14(13(19)20,16-11-4-5-11)6-8-17(2)10-12-15-7-9-18(12)3/h7,9,11,16H,4-6,8,10H2,1-3H3,(H,19,20). The number of aliphatic carboxylic acids is 1. The van der Waals surface area contributed by atoms with Gasteiger partial charge in [-0.25, -0.2) is 4.98 Å². The van der Waals surface area contributed by atoms with E-state index in [0.717, 1.165) is 31.8 Å². The summed E-state index contributed by atoms with van der Waals surface area (Å²) in [4.78, 5) is 17.9. The van der Waals surface area contributed by atoms with E-state index in [-0.39, 0.29) is 0 Å². The Hall–Kier alpha value is -1.40. The molecule has 0 bridgehead atoms. The minimum Gasteiger partial charge on any atom is -0.480 e. The molecule has 6 nitrogen and oxygen atoms in total. The van der Waals surface area contributed by atoms with E-state index >= 15 is 0 Å². The van der Waals surface area contributed by atoms with E-state index in [0.29, 0.717) is 12.5 Å². The summed E-state index contributed by atoms with van der Waals surface area (Å²) in [6, 6.07) is 0.385. The molecule has 1 saturated carbocycles. The monoisotopic (exact) mass is 280 g/mol. The Morgan fingerprint density at radius 3 is 2.85 bits per heavy atom. The molecule has 112 valence electrons. The van der Waals surface area contributed by atoms with E-state index in [1.54, 1.807) is 13.1 Å². The van der Waals surface area contributed by atoms with Crippen LogP contribution in [0.4, 0.5) is 0 Å². The van der Waals surface area contributed by atoms with Crippen LogP contribution in [-0.2, 0) is 18.4 Å². The lowest BCUT2D eigenvalue weighted by Gasteiger charge is -2.28. The number of carboxylic acid groups (broad SMARTS) is 1. The third-order valence-corrected chi connectivity index (χ3v) is 3.90. The molecule has 0 aliphatic heterocycles. The highest BCUT2D eigenvalue weighted by molar-refractivity contribution is 5.78. The fourth-order valence-electron chi connectivity index (χ4n) is 2.20. The van der Waals surface area contributed by atoms with Crippen LogP contribution in [0.25, 0.3) is 0 Å². The largest absolute Gasteiger partial charge is 0.480 e. The van der Waals surface area contributed by atoms with Crippen LogP contribution in [0.2, 0.25) is 0 Å². The summed E-state index contributed by atoms with van der Waals surface area (Å²) in [5.74, 6) is 0.217. The first-order chi connectivity index (χ1) is 9.40. The molecular formula is C14H24N4O2. The van der Waals surface area contributed by atoms with Crippen molar-refractivity contribution in [1.29, 1.82) is 0 Å². The number of nitrogens with one attached hydrogen (secondary N) is 1. The highest BCUT2D eigenvalue weighted by Crippen LogP contribution is 2.24. The molecule has 1 aliphatic rings. The van der Waals surface area contributed by atoms with Gasteiger partial charge in [-0.3, -0.25) is 15.0 Å². The summed E-state index contributed by atoms with van der Waals surface area (Å²) < 4.78 is 1.98. The first-order valence-electron chi connectivity index (χ1n) is 7.06. The topological polar surface area (TPSA) is 70.4 Å². The van der Waals surface area contributed by atoms with Gasteiger partial charge in [0, 0.05) is 32.0 Å². The van der Waals surface area contributed by atoms with Crippen LogP contribution in [0.1, 0.15) is 32.0 Å². The Labute approximate surface area is 119 Å². The van der Waals surface area contributed by atoms with Gasteiger partial charge in [-0.1, -0.05) is 0 Å². The molecule has 1 heterocycles. The molecular weight excluding hydrogens is 256 g/mol. The summed E-state index contributed by atoms with van der Waals surface area (Å²) >= 11 is 0. The van der Waals surface area contributed by atoms with Crippen molar-refractivity contribution in [3.63, 3.8) is 0 Å². The first-order valence-corrected chi connectivity index (χ1v) is 7.06. The van der Waals surface area contributed by atoms with Crippen molar-refractivity contribution in [3.8, 4) is 0 Å². The van der Waals surface area contributed by atoms with Crippen LogP contribution in [0, 0.1) is 0 Å². The molecule has 1 aliphatic carbocycles. The molecule has 1 aromatic heterocycles. The maximum Gasteiger partial charge on any atom is 0.323 e. The van der Waals surface area contributed by atoms with Gasteiger partial charge < -0.3 is 9.67 Å². The van der Waals surface area contributed by atoms with Crippen LogP contribution in [0.3, 0.4) is 0 Å². The molecule has 6 heteroatoms. The van der Waals surface area contributed by atoms with Crippen LogP contribution in [0.15, 0.2) is 12.4 Å². The first kappa shape index (κ1) is 15.0. The number of nitrogens with zero attached hydrogens (tertiary/aromatic N) is 3. The number of hydrogen-bond acceptors (Lipinski definition) is 4. The van der Waals surface area contributed by atoms with Gasteiger partial charge >= 0.3 is 5.97 Å². The van der Waals surface area contributed by atoms with Gasteiger partial charge in [0.2, 0.25) is 0 Å². The fraction of sp³-hybridized carbons (Fsp3) is 0.714. The Bertz CT molecular complexity index is 469. The zero-order chi connectivity index (χ0) is 14.8. The lowest BCUT2D eigenvalue weighted by molar-refractivity contribution is -0.144. The predicted octanol–water partition coefficient (Wildman–Crippen LogP) is 0.837. The Kier molecular flexibility index (Phi) is 4.45.